The lowest BCUT2D eigenvalue weighted by atomic mass is 9.98. The number of ether oxygens (including phenoxy) is 1. The van der Waals surface area contributed by atoms with Crippen molar-refractivity contribution in [1.29, 1.82) is 0 Å². The van der Waals surface area contributed by atoms with Crippen molar-refractivity contribution < 1.29 is 4.74 Å². The standard InChI is InChI=1S/C9H13NOS/c10-5-7-1-3-11-9(7)8-2-4-12-6-8/h2,4,6-7,9H,1,3,5,10H2. The van der Waals surface area contributed by atoms with E-state index in [4.69, 9.17) is 10.5 Å². The van der Waals surface area contributed by atoms with Crippen molar-refractivity contribution in [1.82, 2.24) is 0 Å². The van der Waals surface area contributed by atoms with Crippen molar-refractivity contribution in [2.75, 3.05) is 13.2 Å². The molecule has 1 aromatic heterocycles. The van der Waals surface area contributed by atoms with Crippen molar-refractivity contribution in [3.8, 4) is 0 Å². The van der Waals surface area contributed by atoms with Crippen LogP contribution in [0.4, 0.5) is 0 Å². The van der Waals surface area contributed by atoms with E-state index in [2.05, 4.69) is 16.8 Å². The van der Waals surface area contributed by atoms with E-state index in [1.807, 2.05) is 0 Å². The number of nitrogens with two attached hydrogens (primary N) is 1. The Morgan fingerprint density at radius 1 is 1.67 bits per heavy atom. The van der Waals surface area contributed by atoms with Gasteiger partial charge in [-0.25, -0.2) is 0 Å². The highest BCUT2D eigenvalue weighted by Crippen LogP contribution is 2.34. The fourth-order valence-electron chi connectivity index (χ4n) is 1.68. The molecule has 0 amide bonds. The molecule has 2 N–H and O–H groups in total. The lowest BCUT2D eigenvalue weighted by molar-refractivity contribution is 0.0928. The zero-order chi connectivity index (χ0) is 8.39. The lowest BCUT2D eigenvalue weighted by Gasteiger charge is -2.14. The van der Waals surface area contributed by atoms with Crippen LogP contribution in [0.2, 0.25) is 0 Å². The molecule has 66 valence electrons. The SMILES string of the molecule is NCC1CCOC1c1ccsc1. The molecule has 1 fully saturated rings. The average Bonchev–Trinajstić information content (AvgIpc) is 2.74. The van der Waals surface area contributed by atoms with Gasteiger partial charge < -0.3 is 10.5 Å². The molecular formula is C9H13NOS. The fraction of sp³-hybridized carbons (Fsp3) is 0.556. The normalized spacial score (nSPS) is 29.4. The molecule has 1 aromatic rings. The maximum Gasteiger partial charge on any atom is 0.0873 e. The third-order valence-corrected chi connectivity index (χ3v) is 3.09. The van der Waals surface area contributed by atoms with Crippen LogP contribution in [0.5, 0.6) is 0 Å². The molecule has 0 bridgehead atoms. The monoisotopic (exact) mass is 183 g/mol. The van der Waals surface area contributed by atoms with Gasteiger partial charge in [0.15, 0.2) is 0 Å². The Balaban J connectivity index is 2.13. The quantitative estimate of drug-likeness (QED) is 0.758. The summed E-state index contributed by atoms with van der Waals surface area (Å²) in [7, 11) is 0. The van der Waals surface area contributed by atoms with Gasteiger partial charge in [-0.2, -0.15) is 11.3 Å². The van der Waals surface area contributed by atoms with Crippen molar-refractivity contribution in [2.24, 2.45) is 11.7 Å². The minimum Gasteiger partial charge on any atom is -0.373 e. The Labute approximate surface area is 76.3 Å². The van der Waals surface area contributed by atoms with E-state index < -0.39 is 0 Å². The fourth-order valence-corrected chi connectivity index (χ4v) is 2.36. The topological polar surface area (TPSA) is 35.2 Å². The van der Waals surface area contributed by atoms with Gasteiger partial charge in [0.2, 0.25) is 0 Å². The summed E-state index contributed by atoms with van der Waals surface area (Å²) in [5.41, 5.74) is 6.95. The molecule has 2 rings (SSSR count). The van der Waals surface area contributed by atoms with Crippen LogP contribution in [-0.2, 0) is 4.74 Å². The highest BCUT2D eigenvalue weighted by molar-refractivity contribution is 7.07. The van der Waals surface area contributed by atoms with E-state index in [-0.39, 0.29) is 6.10 Å². The van der Waals surface area contributed by atoms with Crippen molar-refractivity contribution in [2.45, 2.75) is 12.5 Å². The largest absolute Gasteiger partial charge is 0.373 e. The molecule has 2 unspecified atom stereocenters. The van der Waals surface area contributed by atoms with E-state index in [1.54, 1.807) is 11.3 Å². The Bertz CT molecular complexity index is 235. The summed E-state index contributed by atoms with van der Waals surface area (Å²) in [5.74, 6) is 0.527. The van der Waals surface area contributed by atoms with Gasteiger partial charge in [-0.1, -0.05) is 0 Å². The summed E-state index contributed by atoms with van der Waals surface area (Å²) < 4.78 is 5.63. The zero-order valence-corrected chi connectivity index (χ0v) is 7.72. The van der Waals surface area contributed by atoms with Crippen molar-refractivity contribution in [3.63, 3.8) is 0 Å². The maximum atomic E-state index is 5.65. The number of thiophene rings is 1. The molecule has 0 aliphatic carbocycles. The van der Waals surface area contributed by atoms with Crippen LogP contribution >= 0.6 is 11.3 Å². The number of hydrogen-bond donors (Lipinski definition) is 1. The third kappa shape index (κ3) is 1.40. The molecule has 0 saturated carbocycles. The first-order chi connectivity index (χ1) is 5.92. The summed E-state index contributed by atoms with van der Waals surface area (Å²) in [4.78, 5) is 0. The van der Waals surface area contributed by atoms with Gasteiger partial charge in [0.1, 0.15) is 0 Å². The molecule has 1 aliphatic rings. The molecule has 0 aromatic carbocycles. The van der Waals surface area contributed by atoms with Crippen LogP contribution in [-0.4, -0.2) is 13.2 Å². The molecule has 1 saturated heterocycles. The Morgan fingerprint density at radius 3 is 3.25 bits per heavy atom. The van der Waals surface area contributed by atoms with Crippen LogP contribution in [0, 0.1) is 5.92 Å². The molecule has 3 heteroatoms. The minimum absolute atomic E-state index is 0.265. The Kier molecular flexibility index (Phi) is 2.44. The summed E-state index contributed by atoms with van der Waals surface area (Å²) >= 11 is 1.72. The van der Waals surface area contributed by atoms with E-state index in [0.29, 0.717) is 5.92 Å². The van der Waals surface area contributed by atoms with Crippen LogP contribution in [0.3, 0.4) is 0 Å². The second-order valence-electron chi connectivity index (χ2n) is 3.13. The molecule has 1 aliphatic heterocycles. The van der Waals surface area contributed by atoms with E-state index >= 15 is 0 Å². The van der Waals surface area contributed by atoms with Crippen molar-refractivity contribution >= 4 is 11.3 Å². The lowest BCUT2D eigenvalue weighted by Crippen LogP contribution is -2.17. The first kappa shape index (κ1) is 8.23. The molecule has 2 atom stereocenters. The molecule has 2 nitrogen and oxygen atoms in total. The van der Waals surface area contributed by atoms with Gasteiger partial charge in [0.25, 0.3) is 0 Å². The average molecular weight is 183 g/mol. The van der Waals surface area contributed by atoms with E-state index in [0.717, 1.165) is 19.6 Å². The maximum absolute atomic E-state index is 5.65. The Morgan fingerprint density at radius 2 is 2.58 bits per heavy atom. The van der Waals surface area contributed by atoms with Crippen LogP contribution < -0.4 is 5.73 Å². The summed E-state index contributed by atoms with van der Waals surface area (Å²) in [6.45, 7) is 1.60. The van der Waals surface area contributed by atoms with Gasteiger partial charge in [0, 0.05) is 12.5 Å². The van der Waals surface area contributed by atoms with Crippen LogP contribution in [0.25, 0.3) is 0 Å². The van der Waals surface area contributed by atoms with E-state index in [9.17, 15) is 0 Å². The zero-order valence-electron chi connectivity index (χ0n) is 6.90. The molecule has 0 spiro atoms. The molecule has 12 heavy (non-hydrogen) atoms. The molecular weight excluding hydrogens is 170 g/mol. The van der Waals surface area contributed by atoms with Gasteiger partial charge >= 0.3 is 0 Å². The number of rotatable bonds is 2. The summed E-state index contributed by atoms with van der Waals surface area (Å²) in [6.07, 6.45) is 1.37. The van der Waals surface area contributed by atoms with Gasteiger partial charge in [-0.05, 0) is 35.4 Å². The number of hydrogen-bond acceptors (Lipinski definition) is 3. The highest BCUT2D eigenvalue weighted by Gasteiger charge is 2.28. The van der Waals surface area contributed by atoms with E-state index in [1.165, 1.54) is 5.56 Å². The van der Waals surface area contributed by atoms with Crippen molar-refractivity contribution in [3.05, 3.63) is 22.4 Å². The van der Waals surface area contributed by atoms with Gasteiger partial charge in [0.05, 0.1) is 6.10 Å². The predicted octanol–water partition coefficient (Wildman–Crippen LogP) is 1.78. The van der Waals surface area contributed by atoms with Crippen LogP contribution in [0.15, 0.2) is 16.8 Å². The summed E-state index contributed by atoms with van der Waals surface area (Å²) in [6, 6.07) is 2.13. The smallest absolute Gasteiger partial charge is 0.0873 e. The minimum atomic E-state index is 0.265. The summed E-state index contributed by atoms with van der Waals surface area (Å²) in [5, 5.41) is 4.24. The molecule has 2 heterocycles. The van der Waals surface area contributed by atoms with Gasteiger partial charge in [-0.3, -0.25) is 0 Å². The Hall–Kier alpha value is -0.380. The second-order valence-corrected chi connectivity index (χ2v) is 3.91. The first-order valence-electron chi connectivity index (χ1n) is 4.25. The third-order valence-electron chi connectivity index (χ3n) is 2.39. The first-order valence-corrected chi connectivity index (χ1v) is 5.20. The second kappa shape index (κ2) is 3.56. The highest BCUT2D eigenvalue weighted by atomic mass is 32.1. The van der Waals surface area contributed by atoms with Gasteiger partial charge in [-0.15, -0.1) is 0 Å². The van der Waals surface area contributed by atoms with Crippen LogP contribution in [0.1, 0.15) is 18.1 Å². The molecule has 0 radical (unpaired) electrons. The predicted molar refractivity (Wildman–Crippen MR) is 50.2 cm³/mol.